The monoisotopic (exact) mass is 432 g/mol. The first-order chi connectivity index (χ1) is 15.4. The highest BCUT2D eigenvalue weighted by Gasteiger charge is 2.51. The van der Waals surface area contributed by atoms with Crippen LogP contribution in [0.2, 0.25) is 0 Å². The maximum atomic E-state index is 13.3. The average Bonchev–Trinajstić information content (AvgIpc) is 3.41. The van der Waals surface area contributed by atoms with Gasteiger partial charge in [0.1, 0.15) is 6.54 Å². The Morgan fingerprint density at radius 1 is 1.16 bits per heavy atom. The van der Waals surface area contributed by atoms with E-state index >= 15 is 0 Å². The fourth-order valence-corrected chi connectivity index (χ4v) is 4.85. The van der Waals surface area contributed by atoms with Gasteiger partial charge in [-0.25, -0.2) is 0 Å². The van der Waals surface area contributed by atoms with Crippen molar-refractivity contribution in [1.29, 1.82) is 0 Å². The van der Waals surface area contributed by atoms with Crippen LogP contribution < -0.4 is 4.90 Å². The molecule has 1 atom stereocenters. The molecule has 164 valence electrons. The fraction of sp³-hybridized carbons (Fsp3) is 0.348. The second-order valence-corrected chi connectivity index (χ2v) is 8.57. The highest BCUT2D eigenvalue weighted by Crippen LogP contribution is 2.35. The van der Waals surface area contributed by atoms with Crippen LogP contribution in [0.25, 0.3) is 10.9 Å². The zero-order valence-electron chi connectivity index (χ0n) is 18.1. The first kappa shape index (κ1) is 20.2. The Kier molecular flexibility index (Phi) is 4.69. The molecule has 0 aliphatic carbocycles. The molecule has 0 unspecified atom stereocenters. The standard InChI is InChI=1S/C23H24N6O3/c1-16(30)29-13-21(31)28(19-11-25-26(2)12-19)15-23(29)7-9-27(14-23)22(32)18-5-6-20-17(10-18)4-3-8-24-20/h3-6,8,10-12H,7,9,13-15H2,1-2H3/t23-/m1/s1. The van der Waals surface area contributed by atoms with Crippen LogP contribution in [-0.4, -0.2) is 74.0 Å². The number of amides is 3. The van der Waals surface area contributed by atoms with Gasteiger partial charge in [0.05, 0.1) is 29.5 Å². The normalized spacial score (nSPS) is 21.1. The summed E-state index contributed by atoms with van der Waals surface area (Å²) in [6, 6.07) is 9.26. The van der Waals surface area contributed by atoms with Crippen molar-refractivity contribution < 1.29 is 14.4 Å². The van der Waals surface area contributed by atoms with E-state index in [0.29, 0.717) is 37.3 Å². The van der Waals surface area contributed by atoms with Gasteiger partial charge in [0.25, 0.3) is 5.91 Å². The number of fused-ring (bicyclic) bond motifs is 1. The number of piperazine rings is 1. The molecule has 1 spiro atoms. The number of nitrogens with zero attached hydrogens (tertiary/aromatic N) is 6. The van der Waals surface area contributed by atoms with E-state index in [1.54, 1.807) is 51.1 Å². The number of aromatic nitrogens is 3. The summed E-state index contributed by atoms with van der Waals surface area (Å²) in [5.74, 6) is -0.387. The van der Waals surface area contributed by atoms with Gasteiger partial charge in [-0.1, -0.05) is 6.07 Å². The quantitative estimate of drug-likeness (QED) is 0.611. The van der Waals surface area contributed by atoms with Crippen molar-refractivity contribution in [2.24, 2.45) is 7.05 Å². The highest BCUT2D eigenvalue weighted by atomic mass is 16.2. The van der Waals surface area contributed by atoms with Crippen LogP contribution in [-0.2, 0) is 16.6 Å². The number of anilines is 1. The van der Waals surface area contributed by atoms with Gasteiger partial charge in [-0.2, -0.15) is 5.10 Å². The summed E-state index contributed by atoms with van der Waals surface area (Å²) in [7, 11) is 1.80. The maximum Gasteiger partial charge on any atom is 0.253 e. The largest absolute Gasteiger partial charge is 0.336 e. The number of aryl methyl sites for hydroxylation is 1. The van der Waals surface area contributed by atoms with Crippen LogP contribution in [0.5, 0.6) is 0 Å². The summed E-state index contributed by atoms with van der Waals surface area (Å²) >= 11 is 0. The first-order valence-electron chi connectivity index (χ1n) is 10.6. The van der Waals surface area contributed by atoms with E-state index in [-0.39, 0.29) is 24.3 Å². The van der Waals surface area contributed by atoms with E-state index in [0.717, 1.165) is 10.9 Å². The Hall–Kier alpha value is -3.75. The lowest BCUT2D eigenvalue weighted by atomic mass is 9.92. The summed E-state index contributed by atoms with van der Waals surface area (Å²) < 4.78 is 1.64. The molecule has 0 radical (unpaired) electrons. The molecule has 32 heavy (non-hydrogen) atoms. The molecule has 2 aliphatic heterocycles. The van der Waals surface area contributed by atoms with Crippen molar-refractivity contribution in [2.75, 3.05) is 31.1 Å². The third kappa shape index (κ3) is 3.30. The van der Waals surface area contributed by atoms with E-state index < -0.39 is 5.54 Å². The predicted octanol–water partition coefficient (Wildman–Crippen LogP) is 1.45. The molecule has 3 amide bonds. The van der Waals surface area contributed by atoms with E-state index in [4.69, 9.17) is 0 Å². The lowest BCUT2D eigenvalue weighted by Crippen LogP contribution is -2.67. The Morgan fingerprint density at radius 2 is 2.00 bits per heavy atom. The molecule has 2 fully saturated rings. The Balaban J connectivity index is 1.43. The predicted molar refractivity (Wildman–Crippen MR) is 118 cm³/mol. The number of pyridine rings is 1. The topological polar surface area (TPSA) is 91.6 Å². The van der Waals surface area contributed by atoms with Gasteiger partial charge in [0.15, 0.2) is 0 Å². The number of benzene rings is 1. The summed E-state index contributed by atoms with van der Waals surface area (Å²) in [4.78, 5) is 48.0. The molecule has 2 aliphatic rings. The van der Waals surface area contributed by atoms with E-state index in [1.807, 2.05) is 24.3 Å². The molecule has 0 bridgehead atoms. The molecular formula is C23H24N6O3. The van der Waals surface area contributed by atoms with E-state index in [2.05, 4.69) is 10.1 Å². The Bertz CT molecular complexity index is 1240. The summed E-state index contributed by atoms with van der Waals surface area (Å²) in [6.07, 6.45) is 5.77. The number of carbonyl (C=O) groups is 3. The second kappa shape index (κ2) is 7.44. The van der Waals surface area contributed by atoms with Crippen LogP contribution in [0, 0.1) is 0 Å². The number of carbonyl (C=O) groups excluding carboxylic acids is 3. The highest BCUT2D eigenvalue weighted by molar-refractivity contribution is 6.00. The molecule has 5 rings (SSSR count). The second-order valence-electron chi connectivity index (χ2n) is 8.57. The van der Waals surface area contributed by atoms with E-state index in [9.17, 15) is 14.4 Å². The zero-order chi connectivity index (χ0) is 22.5. The van der Waals surface area contributed by atoms with Gasteiger partial charge in [-0.3, -0.25) is 24.0 Å². The Labute approximate surface area is 185 Å². The lowest BCUT2D eigenvalue weighted by molar-refractivity contribution is -0.142. The van der Waals surface area contributed by atoms with Gasteiger partial charge >= 0.3 is 0 Å². The van der Waals surface area contributed by atoms with Crippen molar-refractivity contribution in [3.8, 4) is 0 Å². The zero-order valence-corrected chi connectivity index (χ0v) is 18.1. The SMILES string of the molecule is CC(=O)N1CC(=O)N(c2cnn(C)c2)C[C@]12CCN(C(=O)c1ccc3ncccc3c1)C2. The minimum Gasteiger partial charge on any atom is -0.336 e. The van der Waals surface area contributed by atoms with Crippen molar-refractivity contribution in [3.05, 3.63) is 54.5 Å². The molecule has 4 heterocycles. The van der Waals surface area contributed by atoms with E-state index in [1.165, 1.54) is 6.92 Å². The number of likely N-dealkylation sites (tertiary alicyclic amines) is 1. The van der Waals surface area contributed by atoms with Crippen LogP contribution >= 0.6 is 0 Å². The average molecular weight is 432 g/mol. The summed E-state index contributed by atoms with van der Waals surface area (Å²) in [6.45, 7) is 2.70. The van der Waals surface area contributed by atoms with Crippen LogP contribution in [0.1, 0.15) is 23.7 Å². The van der Waals surface area contributed by atoms with Gasteiger partial charge < -0.3 is 14.7 Å². The van der Waals surface area contributed by atoms with Gasteiger partial charge in [0.2, 0.25) is 11.8 Å². The summed E-state index contributed by atoms with van der Waals surface area (Å²) in [5.41, 5.74) is 1.51. The van der Waals surface area contributed by atoms with Gasteiger partial charge in [0, 0.05) is 50.4 Å². The molecule has 3 aromatic rings. The third-order valence-electron chi connectivity index (χ3n) is 6.47. The van der Waals surface area contributed by atoms with Crippen molar-refractivity contribution in [1.82, 2.24) is 24.6 Å². The van der Waals surface area contributed by atoms with Crippen LogP contribution in [0.3, 0.4) is 0 Å². The van der Waals surface area contributed by atoms with Gasteiger partial charge in [-0.05, 0) is 30.7 Å². The fourth-order valence-electron chi connectivity index (χ4n) is 4.85. The maximum absolute atomic E-state index is 13.3. The number of rotatable bonds is 2. The third-order valence-corrected chi connectivity index (χ3v) is 6.47. The number of hydrogen-bond acceptors (Lipinski definition) is 5. The van der Waals surface area contributed by atoms with Crippen molar-refractivity contribution in [2.45, 2.75) is 18.9 Å². The molecular weight excluding hydrogens is 408 g/mol. The van der Waals surface area contributed by atoms with Crippen molar-refractivity contribution >= 4 is 34.3 Å². The molecule has 1 aromatic carbocycles. The lowest BCUT2D eigenvalue weighted by Gasteiger charge is -2.47. The molecule has 9 heteroatoms. The smallest absolute Gasteiger partial charge is 0.253 e. The molecule has 2 aromatic heterocycles. The molecule has 0 saturated carbocycles. The Morgan fingerprint density at radius 3 is 2.75 bits per heavy atom. The minimum atomic E-state index is -0.621. The first-order valence-corrected chi connectivity index (χ1v) is 10.6. The minimum absolute atomic E-state index is 0.00605. The summed E-state index contributed by atoms with van der Waals surface area (Å²) in [5, 5.41) is 5.08. The molecule has 2 saturated heterocycles. The molecule has 9 nitrogen and oxygen atoms in total. The van der Waals surface area contributed by atoms with Crippen LogP contribution in [0.4, 0.5) is 5.69 Å². The molecule has 0 N–H and O–H groups in total. The number of hydrogen-bond donors (Lipinski definition) is 0. The van der Waals surface area contributed by atoms with Crippen LogP contribution in [0.15, 0.2) is 48.9 Å². The van der Waals surface area contributed by atoms with Crippen molar-refractivity contribution in [3.63, 3.8) is 0 Å². The van der Waals surface area contributed by atoms with Gasteiger partial charge in [-0.15, -0.1) is 0 Å².